The molecule has 144 valence electrons. The first kappa shape index (κ1) is 18.4. The average Bonchev–Trinajstić information content (AvgIpc) is 2.78. The molecule has 6 nitrogen and oxygen atoms in total. The summed E-state index contributed by atoms with van der Waals surface area (Å²) in [5, 5.41) is 15.2. The van der Waals surface area contributed by atoms with E-state index in [1.165, 1.54) is 7.11 Å². The summed E-state index contributed by atoms with van der Waals surface area (Å²) in [4.78, 5) is 20.4. The third-order valence-electron chi connectivity index (χ3n) is 4.70. The molecule has 0 radical (unpaired) electrons. The zero-order valence-corrected chi connectivity index (χ0v) is 15.7. The number of hydrogen-bond acceptors (Lipinski definition) is 6. The fourth-order valence-electron chi connectivity index (χ4n) is 3.29. The fourth-order valence-corrected chi connectivity index (χ4v) is 3.29. The van der Waals surface area contributed by atoms with Gasteiger partial charge in [0, 0.05) is 35.2 Å². The molecule has 29 heavy (non-hydrogen) atoms. The van der Waals surface area contributed by atoms with Crippen LogP contribution in [0.4, 0.5) is 5.69 Å². The molecule has 0 unspecified atom stereocenters. The van der Waals surface area contributed by atoms with Crippen molar-refractivity contribution in [1.82, 2.24) is 9.97 Å². The zero-order chi connectivity index (χ0) is 20.2. The number of benzene rings is 2. The summed E-state index contributed by atoms with van der Waals surface area (Å²) in [6.07, 6.45) is 5.09. The maximum Gasteiger partial charge on any atom is 0.337 e. The lowest BCUT2D eigenvalue weighted by molar-refractivity contribution is 0.0601. The third kappa shape index (κ3) is 3.73. The van der Waals surface area contributed by atoms with E-state index in [1.54, 1.807) is 36.8 Å². The number of phenols is 1. The molecule has 2 heterocycles. The number of nitrogens with zero attached hydrogens (tertiary/aromatic N) is 2. The Morgan fingerprint density at radius 2 is 1.93 bits per heavy atom. The topological polar surface area (TPSA) is 84.3 Å². The van der Waals surface area contributed by atoms with Crippen molar-refractivity contribution in [2.45, 2.75) is 6.04 Å². The Hall–Kier alpha value is -3.93. The number of aromatic hydroxyl groups is 1. The summed E-state index contributed by atoms with van der Waals surface area (Å²) < 4.78 is 4.81. The van der Waals surface area contributed by atoms with Crippen molar-refractivity contribution in [2.24, 2.45) is 0 Å². The van der Waals surface area contributed by atoms with Crippen molar-refractivity contribution < 1.29 is 14.6 Å². The molecule has 0 saturated heterocycles. The van der Waals surface area contributed by atoms with Gasteiger partial charge in [0.1, 0.15) is 11.3 Å². The Morgan fingerprint density at radius 3 is 2.72 bits per heavy atom. The Morgan fingerprint density at radius 1 is 1.07 bits per heavy atom. The molecule has 2 aromatic carbocycles. The van der Waals surface area contributed by atoms with Crippen molar-refractivity contribution in [2.75, 3.05) is 12.4 Å². The summed E-state index contributed by atoms with van der Waals surface area (Å²) in [7, 11) is 1.35. The van der Waals surface area contributed by atoms with E-state index in [-0.39, 0.29) is 5.75 Å². The number of carbonyl (C=O) groups is 1. The number of ether oxygens (including phenoxy) is 1. The van der Waals surface area contributed by atoms with Crippen LogP contribution in [0.2, 0.25) is 0 Å². The number of pyridine rings is 2. The second-order valence-corrected chi connectivity index (χ2v) is 6.51. The molecular formula is C23H19N3O3. The van der Waals surface area contributed by atoms with E-state index < -0.39 is 12.0 Å². The number of esters is 1. The molecule has 0 aliphatic heterocycles. The number of hydrogen-bond donors (Lipinski definition) is 2. The lowest BCUT2D eigenvalue weighted by atomic mass is 9.97. The highest BCUT2D eigenvalue weighted by Gasteiger charge is 2.20. The Bertz CT molecular complexity index is 1160. The number of aromatic nitrogens is 2. The van der Waals surface area contributed by atoms with Crippen LogP contribution in [0.15, 0.2) is 79.3 Å². The van der Waals surface area contributed by atoms with Crippen LogP contribution in [0, 0.1) is 0 Å². The lowest BCUT2D eigenvalue weighted by Gasteiger charge is -2.22. The van der Waals surface area contributed by atoms with Gasteiger partial charge in [-0.2, -0.15) is 0 Å². The molecule has 0 fully saturated rings. The van der Waals surface area contributed by atoms with E-state index in [0.29, 0.717) is 22.3 Å². The van der Waals surface area contributed by atoms with Crippen LogP contribution >= 0.6 is 0 Å². The minimum atomic E-state index is -0.413. The van der Waals surface area contributed by atoms with Gasteiger partial charge in [0.05, 0.1) is 18.7 Å². The summed E-state index contributed by atoms with van der Waals surface area (Å²) in [5.41, 5.74) is 3.20. The van der Waals surface area contributed by atoms with Crippen LogP contribution in [0.3, 0.4) is 0 Å². The molecule has 0 aliphatic carbocycles. The SMILES string of the molecule is COC(=O)c1cccc(N[C@H](c2cccnc2)c2ccc3cccnc3c2O)c1. The van der Waals surface area contributed by atoms with Crippen molar-refractivity contribution in [3.05, 3.63) is 95.9 Å². The zero-order valence-electron chi connectivity index (χ0n) is 15.7. The molecular weight excluding hydrogens is 366 g/mol. The lowest BCUT2D eigenvalue weighted by Crippen LogP contribution is -2.13. The Balaban J connectivity index is 1.80. The van der Waals surface area contributed by atoms with E-state index in [4.69, 9.17) is 4.74 Å². The number of carbonyl (C=O) groups excluding carboxylic acids is 1. The van der Waals surface area contributed by atoms with Gasteiger partial charge in [-0.15, -0.1) is 0 Å². The van der Waals surface area contributed by atoms with E-state index in [9.17, 15) is 9.90 Å². The summed E-state index contributed by atoms with van der Waals surface area (Å²) in [5.74, 6) is -0.307. The summed E-state index contributed by atoms with van der Waals surface area (Å²) in [6, 6.07) is 17.9. The highest BCUT2D eigenvalue weighted by atomic mass is 16.5. The van der Waals surface area contributed by atoms with Gasteiger partial charge in [0.25, 0.3) is 0 Å². The standard InChI is InChI=1S/C23H19N3O3/c1-29-23(28)16-5-2-8-18(13-16)26-20(17-7-3-11-24-14-17)19-10-9-15-6-4-12-25-21(15)22(19)27/h2-14,20,26-27H,1H3/t20-/m1/s1. The first-order valence-corrected chi connectivity index (χ1v) is 9.09. The average molecular weight is 385 g/mol. The number of nitrogens with one attached hydrogen (secondary N) is 1. The molecule has 4 aromatic rings. The van der Waals surface area contributed by atoms with Crippen molar-refractivity contribution in [3.8, 4) is 5.75 Å². The molecule has 0 bridgehead atoms. The van der Waals surface area contributed by atoms with Gasteiger partial charge < -0.3 is 15.2 Å². The van der Waals surface area contributed by atoms with E-state index >= 15 is 0 Å². The molecule has 0 saturated carbocycles. The monoisotopic (exact) mass is 385 g/mol. The van der Waals surface area contributed by atoms with Crippen LogP contribution in [0.1, 0.15) is 27.5 Å². The van der Waals surface area contributed by atoms with Gasteiger partial charge in [-0.05, 0) is 35.9 Å². The van der Waals surface area contributed by atoms with Gasteiger partial charge in [-0.1, -0.05) is 30.3 Å². The Labute approximate surface area is 167 Å². The van der Waals surface area contributed by atoms with Crippen molar-refractivity contribution in [1.29, 1.82) is 0 Å². The maximum atomic E-state index is 11.9. The third-order valence-corrected chi connectivity index (χ3v) is 4.70. The Kier molecular flexibility index (Phi) is 5.07. The second kappa shape index (κ2) is 7.98. The van der Waals surface area contributed by atoms with Crippen LogP contribution in [0.25, 0.3) is 10.9 Å². The van der Waals surface area contributed by atoms with Crippen molar-refractivity contribution >= 4 is 22.6 Å². The molecule has 1 atom stereocenters. The normalized spacial score (nSPS) is 11.8. The van der Waals surface area contributed by atoms with Gasteiger partial charge in [-0.3, -0.25) is 9.97 Å². The molecule has 0 amide bonds. The highest BCUT2D eigenvalue weighted by molar-refractivity contribution is 5.90. The first-order valence-electron chi connectivity index (χ1n) is 9.09. The largest absolute Gasteiger partial charge is 0.505 e. The van der Waals surface area contributed by atoms with Crippen molar-refractivity contribution in [3.63, 3.8) is 0 Å². The van der Waals surface area contributed by atoms with E-state index in [1.807, 2.05) is 42.5 Å². The minimum Gasteiger partial charge on any atom is -0.505 e. The fraction of sp³-hybridized carbons (Fsp3) is 0.0870. The van der Waals surface area contributed by atoms with Crippen LogP contribution in [0.5, 0.6) is 5.75 Å². The molecule has 0 aliphatic rings. The van der Waals surface area contributed by atoms with Gasteiger partial charge in [-0.25, -0.2) is 4.79 Å². The second-order valence-electron chi connectivity index (χ2n) is 6.51. The van der Waals surface area contributed by atoms with E-state index in [2.05, 4.69) is 15.3 Å². The number of phenolic OH excluding ortho intramolecular Hbond substituents is 1. The number of anilines is 1. The predicted molar refractivity (Wildman–Crippen MR) is 111 cm³/mol. The molecule has 0 spiro atoms. The quantitative estimate of drug-likeness (QED) is 0.498. The van der Waals surface area contributed by atoms with Crippen LogP contribution in [-0.2, 0) is 4.74 Å². The molecule has 2 aromatic heterocycles. The highest BCUT2D eigenvalue weighted by Crippen LogP contribution is 2.36. The van der Waals surface area contributed by atoms with Gasteiger partial charge in [0.15, 0.2) is 0 Å². The smallest absolute Gasteiger partial charge is 0.337 e. The summed E-state index contributed by atoms with van der Waals surface area (Å²) in [6.45, 7) is 0. The van der Waals surface area contributed by atoms with Gasteiger partial charge in [0.2, 0.25) is 0 Å². The molecule has 2 N–H and O–H groups in total. The number of rotatable bonds is 5. The number of methoxy groups -OCH3 is 1. The first-order chi connectivity index (χ1) is 14.2. The minimum absolute atomic E-state index is 0.105. The molecule has 6 heteroatoms. The van der Waals surface area contributed by atoms with Crippen LogP contribution < -0.4 is 5.32 Å². The maximum absolute atomic E-state index is 11.9. The van der Waals surface area contributed by atoms with E-state index in [0.717, 1.165) is 10.9 Å². The van der Waals surface area contributed by atoms with Crippen LogP contribution in [-0.4, -0.2) is 28.2 Å². The molecule has 4 rings (SSSR count). The summed E-state index contributed by atoms with van der Waals surface area (Å²) >= 11 is 0. The van der Waals surface area contributed by atoms with Gasteiger partial charge >= 0.3 is 5.97 Å². The number of fused-ring (bicyclic) bond motifs is 1. The predicted octanol–water partition coefficient (Wildman–Crippen LogP) is 4.32.